The lowest BCUT2D eigenvalue weighted by Gasteiger charge is -2.38. The van der Waals surface area contributed by atoms with Gasteiger partial charge in [0.25, 0.3) is 17.7 Å². The zero-order valence-corrected chi connectivity index (χ0v) is 30.4. The number of methoxy groups -OCH3 is 1. The highest BCUT2D eigenvalue weighted by Gasteiger charge is 2.45. The molecular formula is C39H42N10O6. The number of piperazine rings is 1. The second kappa shape index (κ2) is 14.9. The fraction of sp³-hybridized carbons (Fsp3) is 0.385. The number of nitrogens with two attached hydrogens (primary N) is 1. The van der Waals surface area contributed by atoms with Gasteiger partial charge in [-0.2, -0.15) is 9.61 Å². The van der Waals surface area contributed by atoms with Gasteiger partial charge in [-0.15, -0.1) is 0 Å². The summed E-state index contributed by atoms with van der Waals surface area (Å²) in [5.41, 5.74) is 9.86. The fourth-order valence-corrected chi connectivity index (χ4v) is 8.04. The number of carbonyl (C=O) groups is 5. The first-order valence-corrected chi connectivity index (χ1v) is 18.6. The summed E-state index contributed by atoms with van der Waals surface area (Å²) in [6.07, 6.45) is 9.20. The first-order chi connectivity index (χ1) is 26.7. The van der Waals surface area contributed by atoms with Gasteiger partial charge in [-0.1, -0.05) is 0 Å². The number of imidazole rings is 1. The molecule has 1 saturated carbocycles. The molecule has 5 amide bonds. The quantitative estimate of drug-likeness (QED) is 0.129. The van der Waals surface area contributed by atoms with Crippen LogP contribution in [0.5, 0.6) is 5.75 Å². The average molecular weight is 747 g/mol. The van der Waals surface area contributed by atoms with Gasteiger partial charge >= 0.3 is 0 Å². The monoisotopic (exact) mass is 746 g/mol. The summed E-state index contributed by atoms with van der Waals surface area (Å²) in [6.45, 7) is 4.34. The molecule has 284 valence electrons. The number of fused-ring (bicyclic) bond motifs is 2. The van der Waals surface area contributed by atoms with Crippen molar-refractivity contribution < 1.29 is 28.7 Å². The van der Waals surface area contributed by atoms with Gasteiger partial charge in [0.05, 0.1) is 30.0 Å². The minimum absolute atomic E-state index is 0.0871. The van der Waals surface area contributed by atoms with Crippen molar-refractivity contribution in [2.75, 3.05) is 55.8 Å². The summed E-state index contributed by atoms with van der Waals surface area (Å²) in [4.78, 5) is 78.7. The molecule has 1 aliphatic carbocycles. The van der Waals surface area contributed by atoms with Crippen molar-refractivity contribution in [2.24, 2.45) is 10.9 Å². The summed E-state index contributed by atoms with van der Waals surface area (Å²) < 4.78 is 7.03. The summed E-state index contributed by atoms with van der Waals surface area (Å²) in [7, 11) is 1.50. The molecule has 2 aromatic heterocycles. The van der Waals surface area contributed by atoms with Crippen molar-refractivity contribution >= 4 is 58.6 Å². The second-order valence-electron chi connectivity index (χ2n) is 14.5. The third-order valence-electron chi connectivity index (χ3n) is 11.1. The van der Waals surface area contributed by atoms with Crippen molar-refractivity contribution in [1.29, 1.82) is 0 Å². The van der Waals surface area contributed by atoms with Crippen LogP contribution < -0.4 is 26.0 Å². The molecule has 0 bridgehead atoms. The second-order valence-corrected chi connectivity index (χ2v) is 14.5. The Morgan fingerprint density at radius 3 is 2.55 bits per heavy atom. The average Bonchev–Trinajstić information content (AvgIpc) is 3.71. The van der Waals surface area contributed by atoms with E-state index in [1.54, 1.807) is 59.5 Å². The van der Waals surface area contributed by atoms with Crippen LogP contribution in [-0.2, 0) is 9.59 Å². The minimum Gasteiger partial charge on any atom is -0.496 e. The van der Waals surface area contributed by atoms with Gasteiger partial charge in [0.1, 0.15) is 11.8 Å². The SMILES string of the molecule is COc1cc(N)c(C=NC2CCC(CN3CCN(c4ccc5c(c4)C(=O)N(C4CCC(=O)NC4=O)C5=O)CC3)CC2)cc1C(=O)Nc1cnc2cccnn12. The topological polar surface area (TPSA) is 197 Å². The molecule has 3 aliphatic heterocycles. The maximum Gasteiger partial charge on any atom is 0.262 e. The van der Waals surface area contributed by atoms with Crippen molar-refractivity contribution in [3.63, 3.8) is 0 Å². The number of nitrogens with one attached hydrogen (secondary N) is 2. The molecule has 4 aliphatic rings. The van der Waals surface area contributed by atoms with Gasteiger partial charge in [-0.25, -0.2) is 4.98 Å². The summed E-state index contributed by atoms with van der Waals surface area (Å²) in [5.74, 6) is -1.02. The third kappa shape index (κ3) is 7.12. The highest BCUT2D eigenvalue weighted by atomic mass is 16.5. The van der Waals surface area contributed by atoms with E-state index in [2.05, 4.69) is 30.5 Å². The summed E-state index contributed by atoms with van der Waals surface area (Å²) in [5, 5.41) is 9.36. The van der Waals surface area contributed by atoms with E-state index in [0.29, 0.717) is 45.5 Å². The summed E-state index contributed by atoms with van der Waals surface area (Å²) in [6, 6.07) is 11.4. The predicted octanol–water partition coefficient (Wildman–Crippen LogP) is 2.77. The number of hydrogen-bond donors (Lipinski definition) is 3. The van der Waals surface area contributed by atoms with Crippen LogP contribution in [0.3, 0.4) is 0 Å². The Hall–Kier alpha value is -6.16. The Morgan fingerprint density at radius 2 is 1.78 bits per heavy atom. The van der Waals surface area contributed by atoms with E-state index < -0.39 is 29.7 Å². The van der Waals surface area contributed by atoms with Crippen molar-refractivity contribution in [3.05, 3.63) is 77.1 Å². The number of aromatic nitrogens is 3. The number of nitrogen functional groups attached to an aromatic ring is 1. The van der Waals surface area contributed by atoms with Crippen LogP contribution in [0.2, 0.25) is 0 Å². The van der Waals surface area contributed by atoms with Gasteiger partial charge in [0.15, 0.2) is 11.5 Å². The molecule has 2 aromatic carbocycles. The largest absolute Gasteiger partial charge is 0.496 e. The third-order valence-corrected chi connectivity index (χ3v) is 11.1. The van der Waals surface area contributed by atoms with Crippen LogP contribution in [-0.4, -0.2) is 112 Å². The van der Waals surface area contributed by atoms with Crippen LogP contribution in [0.1, 0.15) is 75.2 Å². The Morgan fingerprint density at radius 1 is 1.00 bits per heavy atom. The lowest BCUT2D eigenvalue weighted by Crippen LogP contribution is -2.54. The maximum atomic E-state index is 13.3. The van der Waals surface area contributed by atoms with Crippen molar-refractivity contribution in [3.8, 4) is 5.75 Å². The van der Waals surface area contributed by atoms with E-state index in [4.69, 9.17) is 15.5 Å². The molecular weight excluding hydrogens is 704 g/mol. The first kappa shape index (κ1) is 35.8. The smallest absolute Gasteiger partial charge is 0.262 e. The molecule has 3 fully saturated rings. The van der Waals surface area contributed by atoms with Gasteiger partial charge < -0.3 is 20.7 Å². The molecule has 4 N–H and O–H groups in total. The molecule has 1 unspecified atom stereocenters. The van der Waals surface area contributed by atoms with E-state index in [-0.39, 0.29) is 30.4 Å². The normalized spacial score (nSPS) is 22.0. The van der Waals surface area contributed by atoms with E-state index in [1.165, 1.54) is 7.11 Å². The van der Waals surface area contributed by atoms with Crippen LogP contribution in [0.15, 0.2) is 59.9 Å². The number of hydrogen-bond acceptors (Lipinski definition) is 12. The molecule has 55 heavy (non-hydrogen) atoms. The molecule has 2 saturated heterocycles. The zero-order chi connectivity index (χ0) is 38.2. The van der Waals surface area contributed by atoms with Gasteiger partial charge in [-0.05, 0) is 74.4 Å². The summed E-state index contributed by atoms with van der Waals surface area (Å²) >= 11 is 0. The van der Waals surface area contributed by atoms with Crippen LogP contribution in [0.4, 0.5) is 17.2 Å². The number of carbonyl (C=O) groups excluding carboxylic acids is 5. The molecule has 4 aromatic rings. The van der Waals surface area contributed by atoms with Crippen molar-refractivity contribution in [2.45, 2.75) is 50.6 Å². The Balaban J connectivity index is 0.827. The number of piperidine rings is 1. The first-order valence-electron chi connectivity index (χ1n) is 18.6. The molecule has 0 radical (unpaired) electrons. The highest BCUT2D eigenvalue weighted by Crippen LogP contribution is 2.32. The number of benzene rings is 2. The molecule has 16 heteroatoms. The minimum atomic E-state index is -0.978. The number of anilines is 3. The number of amides is 5. The Bertz CT molecular complexity index is 2220. The molecule has 5 heterocycles. The lowest BCUT2D eigenvalue weighted by atomic mass is 9.86. The van der Waals surface area contributed by atoms with Crippen molar-refractivity contribution in [1.82, 2.24) is 29.7 Å². The highest BCUT2D eigenvalue weighted by molar-refractivity contribution is 6.23. The van der Waals surface area contributed by atoms with Gasteiger partial charge in [0, 0.05) is 80.6 Å². The Labute approximate surface area is 316 Å². The number of ether oxygens (including phenoxy) is 1. The predicted molar refractivity (Wildman–Crippen MR) is 203 cm³/mol. The molecule has 1 atom stereocenters. The number of imide groups is 2. The lowest BCUT2D eigenvalue weighted by molar-refractivity contribution is -0.136. The van der Waals surface area contributed by atoms with E-state index >= 15 is 0 Å². The van der Waals surface area contributed by atoms with Gasteiger partial charge in [0.2, 0.25) is 11.8 Å². The van der Waals surface area contributed by atoms with E-state index in [0.717, 1.165) is 69.0 Å². The Kier molecular flexibility index (Phi) is 9.73. The maximum absolute atomic E-state index is 13.3. The molecule has 8 rings (SSSR count). The fourth-order valence-electron chi connectivity index (χ4n) is 8.04. The standard InChI is InChI=1S/C39H42N10O6/c1-55-32-19-30(40)24(17-29(32)36(51)44-34-21-42-33-3-2-12-43-49(33)34)20-41-25-6-4-23(5-7-25)22-46-13-15-47(16-14-46)26-8-9-27-28(18-26)39(54)48(38(27)53)31-10-11-35(50)45-37(31)52/h2-3,8-9,12,17-21,23,25,31H,4-7,10-11,13-16,22,40H2,1H3,(H,44,51)(H,45,50,52). The number of rotatable bonds is 9. The van der Waals surface area contributed by atoms with Crippen LogP contribution in [0, 0.1) is 5.92 Å². The van der Waals surface area contributed by atoms with E-state index in [1.807, 2.05) is 6.07 Å². The van der Waals surface area contributed by atoms with Crippen LogP contribution in [0.25, 0.3) is 5.65 Å². The number of nitrogens with zero attached hydrogens (tertiary/aromatic N) is 7. The molecule has 16 nitrogen and oxygen atoms in total. The zero-order valence-electron chi connectivity index (χ0n) is 30.4. The van der Waals surface area contributed by atoms with E-state index in [9.17, 15) is 24.0 Å². The number of aliphatic imine (C=N–C) groups is 1. The van der Waals surface area contributed by atoms with Crippen LogP contribution >= 0.6 is 0 Å². The molecule has 0 spiro atoms. The van der Waals surface area contributed by atoms with Gasteiger partial charge in [-0.3, -0.25) is 44.1 Å².